The number of nitrogens with zero attached hydrogens (tertiary/aromatic N) is 4. The van der Waals surface area contributed by atoms with Crippen LogP contribution in [0.3, 0.4) is 0 Å². The Labute approximate surface area is 241 Å². The van der Waals surface area contributed by atoms with E-state index in [0.717, 1.165) is 5.56 Å². The molecule has 0 saturated carbocycles. The Kier molecular flexibility index (Phi) is 5.81. The van der Waals surface area contributed by atoms with Crippen LogP contribution in [0.1, 0.15) is 34.2 Å². The molecule has 3 aromatic carbocycles. The monoisotopic (exact) mass is 586 g/mol. The molecule has 8 nitrogen and oxygen atoms in total. The molecule has 0 fully saturated rings. The van der Waals surface area contributed by atoms with Gasteiger partial charge in [-0.1, -0.05) is 77.2 Å². The van der Waals surface area contributed by atoms with Crippen LogP contribution in [0, 0.1) is 0 Å². The normalized spacial score (nSPS) is 17.8. The molecule has 2 aliphatic rings. The number of anilines is 2. The lowest BCUT2D eigenvalue weighted by Crippen LogP contribution is -2.53. The van der Waals surface area contributed by atoms with Crippen molar-refractivity contribution < 1.29 is 14.0 Å². The lowest BCUT2D eigenvalue weighted by molar-refractivity contribution is -0.121. The van der Waals surface area contributed by atoms with Crippen LogP contribution < -0.4 is 15.2 Å². The van der Waals surface area contributed by atoms with Crippen LogP contribution in [-0.2, 0) is 16.1 Å². The van der Waals surface area contributed by atoms with Crippen molar-refractivity contribution in [2.45, 2.75) is 22.6 Å². The second kappa shape index (κ2) is 9.29. The molecular weight excluding hydrogens is 568 g/mol. The van der Waals surface area contributed by atoms with Crippen LogP contribution in [-0.4, -0.2) is 28.6 Å². The van der Waals surface area contributed by atoms with E-state index in [1.807, 2.05) is 43.3 Å². The number of aromatic nitrogens is 2. The van der Waals surface area contributed by atoms with Gasteiger partial charge in [-0.15, -0.1) is 10.2 Å². The van der Waals surface area contributed by atoms with Gasteiger partial charge < -0.3 is 9.32 Å². The Balaban J connectivity index is 1.42. The molecule has 40 heavy (non-hydrogen) atoms. The molecular formula is C29H19ClN4O4S2. The number of hydrogen-bond acceptors (Lipinski definition) is 8. The first-order chi connectivity index (χ1) is 19.4. The molecule has 2 aliphatic heterocycles. The molecule has 4 heterocycles. The summed E-state index contributed by atoms with van der Waals surface area (Å²) in [5, 5.41) is 9.81. The molecule has 0 bridgehead atoms. The number of thioether (sulfide) groups is 1. The van der Waals surface area contributed by atoms with Gasteiger partial charge in [-0.3, -0.25) is 19.3 Å². The van der Waals surface area contributed by atoms with Gasteiger partial charge in [0.1, 0.15) is 5.58 Å². The van der Waals surface area contributed by atoms with Crippen LogP contribution in [0.5, 0.6) is 0 Å². The third-order valence-corrected chi connectivity index (χ3v) is 9.53. The molecule has 1 atom stereocenters. The van der Waals surface area contributed by atoms with E-state index < -0.39 is 22.8 Å². The summed E-state index contributed by atoms with van der Waals surface area (Å²) in [5.41, 5.74) is 0.265. The van der Waals surface area contributed by atoms with E-state index in [2.05, 4.69) is 10.2 Å². The molecule has 1 spiro atoms. The van der Waals surface area contributed by atoms with Crippen LogP contribution in [0.4, 0.5) is 10.8 Å². The Bertz CT molecular complexity index is 1920. The summed E-state index contributed by atoms with van der Waals surface area (Å²) < 4.78 is 6.67. The van der Waals surface area contributed by atoms with Crippen molar-refractivity contribution >= 4 is 68.3 Å². The number of likely N-dealkylation sites (N-methyl/N-ethyl adjacent to an activating group) is 1. The van der Waals surface area contributed by atoms with E-state index >= 15 is 0 Å². The minimum atomic E-state index is -1.77. The first-order valence-corrected chi connectivity index (χ1v) is 14.7. The highest BCUT2D eigenvalue weighted by atomic mass is 35.5. The topological polar surface area (TPSA) is 96.6 Å². The van der Waals surface area contributed by atoms with Crippen LogP contribution in [0.25, 0.3) is 11.0 Å². The summed E-state index contributed by atoms with van der Waals surface area (Å²) in [6.07, 6.45) is 0. The average Bonchev–Trinajstić information content (AvgIpc) is 3.60. The van der Waals surface area contributed by atoms with Gasteiger partial charge in [-0.25, -0.2) is 0 Å². The number of carbonyl (C=O) groups is 2. The second-order valence-corrected chi connectivity index (χ2v) is 11.9. The van der Waals surface area contributed by atoms with E-state index in [4.69, 9.17) is 16.0 Å². The van der Waals surface area contributed by atoms with Gasteiger partial charge in [0, 0.05) is 22.9 Å². The molecule has 7 rings (SSSR count). The summed E-state index contributed by atoms with van der Waals surface area (Å²) in [6, 6.07) is 21.5. The van der Waals surface area contributed by atoms with Crippen molar-refractivity contribution in [2.75, 3.05) is 16.3 Å². The van der Waals surface area contributed by atoms with Crippen molar-refractivity contribution in [3.63, 3.8) is 0 Å². The van der Waals surface area contributed by atoms with Crippen molar-refractivity contribution in [1.82, 2.24) is 10.2 Å². The van der Waals surface area contributed by atoms with Gasteiger partial charge in [0.15, 0.2) is 15.3 Å². The standard InChI is InChI=1S/C29H19ClN4O4S2/c1-2-33-20-12-5-4-11-19(20)29(26(33)37)22-23(35)18-10-3-6-13-21(18)38-24(22)25(36)34(29)27-31-32-28(40-27)39-15-16-8-7-9-17(30)14-16/h3-14H,2,15H2,1H3. The first-order valence-electron chi connectivity index (χ1n) is 12.5. The zero-order valence-electron chi connectivity index (χ0n) is 21.0. The van der Waals surface area contributed by atoms with Gasteiger partial charge in [0.05, 0.1) is 16.6 Å². The molecule has 0 N–H and O–H groups in total. The van der Waals surface area contributed by atoms with Crippen molar-refractivity contribution in [1.29, 1.82) is 0 Å². The number of benzene rings is 3. The van der Waals surface area contributed by atoms with Crippen molar-refractivity contribution in [3.8, 4) is 0 Å². The highest BCUT2D eigenvalue weighted by molar-refractivity contribution is 8.00. The maximum atomic E-state index is 14.4. The summed E-state index contributed by atoms with van der Waals surface area (Å²) in [5.74, 6) is -0.588. The summed E-state index contributed by atoms with van der Waals surface area (Å²) in [6.45, 7) is 2.21. The van der Waals surface area contributed by atoms with Gasteiger partial charge in [0.2, 0.25) is 10.9 Å². The highest BCUT2D eigenvalue weighted by Crippen LogP contribution is 2.54. The number of amides is 2. The van der Waals surface area contributed by atoms with Gasteiger partial charge in [-0.2, -0.15) is 0 Å². The maximum absolute atomic E-state index is 14.4. The number of fused-ring (bicyclic) bond motifs is 5. The van der Waals surface area contributed by atoms with Crippen molar-refractivity contribution in [2.24, 2.45) is 0 Å². The maximum Gasteiger partial charge on any atom is 0.297 e. The van der Waals surface area contributed by atoms with E-state index in [0.29, 0.717) is 38.3 Å². The predicted octanol–water partition coefficient (Wildman–Crippen LogP) is 5.86. The van der Waals surface area contributed by atoms with Crippen LogP contribution in [0.15, 0.2) is 86.3 Å². The molecule has 0 aliphatic carbocycles. The number of carbonyl (C=O) groups excluding carboxylic acids is 2. The number of para-hydroxylation sites is 2. The SMILES string of the molecule is CCN1C(=O)C2(c3ccccc31)c1c(oc3ccccc3c1=O)C(=O)N2c1nnc(SCc2cccc(Cl)c2)s1. The Morgan fingerprint density at radius 1 is 1.00 bits per heavy atom. The lowest BCUT2D eigenvalue weighted by atomic mass is 9.84. The molecule has 1 unspecified atom stereocenters. The quantitative estimate of drug-likeness (QED) is 0.188. The summed E-state index contributed by atoms with van der Waals surface area (Å²) in [7, 11) is 0. The van der Waals surface area contributed by atoms with Crippen LogP contribution >= 0.6 is 34.7 Å². The van der Waals surface area contributed by atoms with E-state index in [1.165, 1.54) is 28.0 Å². The van der Waals surface area contributed by atoms with E-state index in [1.54, 1.807) is 41.3 Å². The average molecular weight is 587 g/mol. The molecule has 2 amide bonds. The van der Waals surface area contributed by atoms with Gasteiger partial charge in [0.25, 0.3) is 11.8 Å². The highest BCUT2D eigenvalue weighted by Gasteiger charge is 2.66. The number of rotatable bonds is 5. The first kappa shape index (κ1) is 25.0. The third-order valence-electron chi connectivity index (χ3n) is 7.19. The molecule has 5 aromatic rings. The fourth-order valence-corrected chi connectivity index (χ4v) is 7.59. The van der Waals surface area contributed by atoms with Crippen molar-refractivity contribution in [3.05, 3.63) is 110 Å². The van der Waals surface area contributed by atoms with Gasteiger partial charge >= 0.3 is 0 Å². The zero-order valence-corrected chi connectivity index (χ0v) is 23.3. The van der Waals surface area contributed by atoms with E-state index in [9.17, 15) is 14.4 Å². The van der Waals surface area contributed by atoms with E-state index in [-0.39, 0.29) is 22.0 Å². The largest absolute Gasteiger partial charge is 0.450 e. The number of halogens is 1. The van der Waals surface area contributed by atoms with Crippen LogP contribution in [0.2, 0.25) is 5.02 Å². The zero-order chi connectivity index (χ0) is 27.6. The fraction of sp³-hybridized carbons (Fsp3) is 0.138. The third kappa shape index (κ3) is 3.43. The van der Waals surface area contributed by atoms with Gasteiger partial charge in [-0.05, 0) is 42.8 Å². The molecule has 11 heteroatoms. The Hall–Kier alpha value is -3.99. The summed E-state index contributed by atoms with van der Waals surface area (Å²) >= 11 is 8.75. The summed E-state index contributed by atoms with van der Waals surface area (Å²) in [4.78, 5) is 45.6. The number of hydrogen-bond donors (Lipinski definition) is 0. The Morgan fingerprint density at radius 2 is 1.80 bits per heavy atom. The smallest absolute Gasteiger partial charge is 0.297 e. The molecule has 198 valence electrons. The predicted molar refractivity (Wildman–Crippen MR) is 155 cm³/mol. The minimum Gasteiger partial charge on any atom is -0.450 e. The minimum absolute atomic E-state index is 0.00734. The molecule has 0 saturated heterocycles. The Morgan fingerprint density at radius 3 is 2.62 bits per heavy atom. The second-order valence-electron chi connectivity index (χ2n) is 9.32. The fourth-order valence-electron chi connectivity index (χ4n) is 5.55. The molecule has 0 radical (unpaired) electrons. The lowest BCUT2D eigenvalue weighted by Gasteiger charge is -2.31. The molecule has 2 aromatic heterocycles.